The normalized spacial score (nSPS) is 19.2. The van der Waals surface area contributed by atoms with Crippen LogP contribution >= 0.6 is 46.3 Å². The fraction of sp³-hybridized carbons (Fsp3) is 0.273. The van der Waals surface area contributed by atoms with Gasteiger partial charge in [0.2, 0.25) is 0 Å². The number of benzene rings is 1. The highest BCUT2D eigenvalue weighted by Crippen LogP contribution is 2.49. The highest BCUT2D eigenvalue weighted by molar-refractivity contribution is 8.00. The Kier molecular flexibility index (Phi) is 5.91. The van der Waals surface area contributed by atoms with Gasteiger partial charge in [0.1, 0.15) is 5.82 Å². The van der Waals surface area contributed by atoms with Crippen LogP contribution in [0.1, 0.15) is 35.6 Å². The molecule has 0 spiro atoms. The number of hydrogen-bond acceptors (Lipinski definition) is 6. The third-order valence-corrected chi connectivity index (χ3v) is 8.38. The van der Waals surface area contributed by atoms with Crippen molar-refractivity contribution in [2.24, 2.45) is 5.73 Å². The summed E-state index contributed by atoms with van der Waals surface area (Å²) in [5, 5.41) is 10.9. The van der Waals surface area contributed by atoms with Crippen LogP contribution < -0.4 is 10.6 Å². The standard InChI is InChI=1S/C22H19Cl2N3OS2/c1-11-8-13(22(29-2)30-11)19-14(10-25)21(26)27(12-6-7-15(23)16(24)9-12)17-4-3-5-18(28)20(17)19/h6-9,19H,3-5,26H2,1-2H3. The number of carbonyl (C=O) groups is 1. The van der Waals surface area contributed by atoms with Gasteiger partial charge in [-0.3, -0.25) is 9.69 Å². The molecule has 0 amide bonds. The van der Waals surface area contributed by atoms with Gasteiger partial charge in [-0.05, 0) is 55.9 Å². The average Bonchev–Trinajstić information content (AvgIpc) is 3.10. The lowest BCUT2D eigenvalue weighted by molar-refractivity contribution is -0.116. The molecule has 2 heterocycles. The fourth-order valence-corrected chi connectivity index (χ4v) is 6.40. The Bertz CT molecular complexity index is 1160. The van der Waals surface area contributed by atoms with Crippen molar-refractivity contribution in [1.29, 1.82) is 5.26 Å². The van der Waals surface area contributed by atoms with E-state index in [0.29, 0.717) is 45.5 Å². The summed E-state index contributed by atoms with van der Waals surface area (Å²) >= 11 is 15.7. The number of halogens is 2. The van der Waals surface area contributed by atoms with Crippen LogP contribution in [0, 0.1) is 18.3 Å². The van der Waals surface area contributed by atoms with E-state index in [0.717, 1.165) is 26.8 Å². The summed E-state index contributed by atoms with van der Waals surface area (Å²) in [5.74, 6) is -0.0306. The molecule has 30 heavy (non-hydrogen) atoms. The molecular weight excluding hydrogens is 457 g/mol. The molecule has 0 bridgehead atoms. The minimum Gasteiger partial charge on any atom is -0.384 e. The lowest BCUT2D eigenvalue weighted by atomic mass is 9.76. The minimum absolute atomic E-state index is 0.0717. The number of hydrogen-bond donors (Lipinski definition) is 1. The molecule has 1 aliphatic carbocycles. The van der Waals surface area contributed by atoms with Crippen LogP contribution in [-0.2, 0) is 4.79 Å². The number of ketones is 1. The molecule has 0 saturated carbocycles. The Morgan fingerprint density at radius 1 is 1.27 bits per heavy atom. The molecule has 2 aromatic rings. The molecule has 0 radical (unpaired) electrons. The summed E-state index contributed by atoms with van der Waals surface area (Å²) in [7, 11) is 0. The van der Waals surface area contributed by atoms with Crippen molar-refractivity contribution in [3.63, 3.8) is 0 Å². The molecule has 0 saturated heterocycles. The van der Waals surface area contributed by atoms with Crippen LogP contribution in [0.3, 0.4) is 0 Å². The summed E-state index contributed by atoms with van der Waals surface area (Å²) in [6.07, 6.45) is 3.93. The number of thiophene rings is 1. The van der Waals surface area contributed by atoms with Gasteiger partial charge >= 0.3 is 0 Å². The van der Waals surface area contributed by atoms with Gasteiger partial charge < -0.3 is 5.73 Å². The molecule has 4 rings (SSSR count). The van der Waals surface area contributed by atoms with Gasteiger partial charge in [-0.1, -0.05) is 23.2 Å². The Hall–Kier alpha value is -1.91. The molecule has 0 fully saturated rings. The number of nitriles is 1. The van der Waals surface area contributed by atoms with Gasteiger partial charge in [0, 0.05) is 28.3 Å². The van der Waals surface area contributed by atoms with E-state index >= 15 is 0 Å². The number of nitrogens with zero attached hydrogens (tertiary/aromatic N) is 2. The zero-order valence-corrected chi connectivity index (χ0v) is 19.6. The largest absolute Gasteiger partial charge is 0.384 e. The van der Waals surface area contributed by atoms with E-state index in [1.54, 1.807) is 35.2 Å². The summed E-state index contributed by atoms with van der Waals surface area (Å²) in [6.45, 7) is 2.04. The molecule has 1 aromatic carbocycles. The predicted molar refractivity (Wildman–Crippen MR) is 125 cm³/mol. The Morgan fingerprint density at radius 3 is 2.70 bits per heavy atom. The fourth-order valence-electron chi connectivity index (χ4n) is 4.19. The number of thioether (sulfide) groups is 1. The average molecular weight is 476 g/mol. The molecule has 1 atom stereocenters. The van der Waals surface area contributed by atoms with E-state index in [2.05, 4.69) is 12.1 Å². The maximum absolute atomic E-state index is 13.2. The van der Waals surface area contributed by atoms with E-state index in [9.17, 15) is 10.1 Å². The van der Waals surface area contributed by atoms with Gasteiger partial charge in [-0.2, -0.15) is 5.26 Å². The molecular formula is C22H19Cl2N3OS2. The van der Waals surface area contributed by atoms with E-state index in [-0.39, 0.29) is 5.78 Å². The van der Waals surface area contributed by atoms with Crippen LogP contribution in [0.4, 0.5) is 5.69 Å². The predicted octanol–water partition coefficient (Wildman–Crippen LogP) is 6.39. The first kappa shape index (κ1) is 21.3. The van der Waals surface area contributed by atoms with E-state index in [1.165, 1.54) is 0 Å². The number of nitrogens with two attached hydrogens (primary N) is 1. The zero-order valence-electron chi connectivity index (χ0n) is 16.5. The quantitative estimate of drug-likeness (QED) is 0.520. The second kappa shape index (κ2) is 8.32. The maximum atomic E-state index is 13.2. The second-order valence-corrected chi connectivity index (χ2v) is 10.4. The lowest BCUT2D eigenvalue weighted by Crippen LogP contribution is -2.38. The van der Waals surface area contributed by atoms with Crippen molar-refractivity contribution in [3.05, 3.63) is 67.4 Å². The summed E-state index contributed by atoms with van der Waals surface area (Å²) in [5.41, 5.74) is 10.2. The van der Waals surface area contributed by atoms with Crippen molar-refractivity contribution in [2.75, 3.05) is 11.2 Å². The van der Waals surface area contributed by atoms with Gasteiger partial charge in [0.15, 0.2) is 5.78 Å². The number of aryl methyl sites for hydroxylation is 1. The number of Topliss-reactive ketones (excluding diaryl/α,β-unsaturated/α-hetero) is 1. The second-order valence-electron chi connectivity index (χ2n) is 7.22. The number of allylic oxidation sites excluding steroid dienone is 3. The van der Waals surface area contributed by atoms with Crippen LogP contribution in [0.15, 0.2) is 51.1 Å². The van der Waals surface area contributed by atoms with E-state index < -0.39 is 5.92 Å². The smallest absolute Gasteiger partial charge is 0.161 e. The zero-order chi connectivity index (χ0) is 21.6. The Morgan fingerprint density at radius 2 is 2.03 bits per heavy atom. The Balaban J connectivity index is 1.99. The van der Waals surface area contributed by atoms with Crippen molar-refractivity contribution >= 4 is 57.8 Å². The highest BCUT2D eigenvalue weighted by atomic mass is 35.5. The molecule has 2 N–H and O–H groups in total. The number of carbonyl (C=O) groups excluding carboxylic acids is 1. The van der Waals surface area contributed by atoms with Crippen molar-refractivity contribution in [3.8, 4) is 6.07 Å². The van der Waals surface area contributed by atoms with Crippen molar-refractivity contribution in [1.82, 2.24) is 0 Å². The monoisotopic (exact) mass is 475 g/mol. The Labute approximate surface area is 194 Å². The number of rotatable bonds is 3. The van der Waals surface area contributed by atoms with Crippen LogP contribution in [0.5, 0.6) is 0 Å². The maximum Gasteiger partial charge on any atom is 0.161 e. The summed E-state index contributed by atoms with van der Waals surface area (Å²) < 4.78 is 1.10. The topological polar surface area (TPSA) is 70.1 Å². The molecule has 154 valence electrons. The first-order valence-corrected chi connectivity index (χ1v) is 12.2. The van der Waals surface area contributed by atoms with Crippen LogP contribution in [-0.4, -0.2) is 12.0 Å². The van der Waals surface area contributed by atoms with Crippen LogP contribution in [0.25, 0.3) is 0 Å². The summed E-state index contributed by atoms with van der Waals surface area (Å²) in [6, 6.07) is 9.61. The first-order valence-electron chi connectivity index (χ1n) is 9.42. The van der Waals surface area contributed by atoms with Gasteiger partial charge in [0.05, 0.1) is 31.8 Å². The first-order chi connectivity index (χ1) is 14.4. The van der Waals surface area contributed by atoms with Gasteiger partial charge in [-0.25, -0.2) is 0 Å². The van der Waals surface area contributed by atoms with E-state index in [1.807, 2.05) is 24.1 Å². The molecule has 1 aromatic heterocycles. The highest BCUT2D eigenvalue weighted by Gasteiger charge is 2.41. The van der Waals surface area contributed by atoms with E-state index in [4.69, 9.17) is 28.9 Å². The minimum atomic E-state index is -0.441. The molecule has 4 nitrogen and oxygen atoms in total. The number of anilines is 1. The molecule has 1 unspecified atom stereocenters. The van der Waals surface area contributed by atoms with Crippen LogP contribution in [0.2, 0.25) is 10.0 Å². The molecule has 8 heteroatoms. The van der Waals surface area contributed by atoms with Gasteiger partial charge in [-0.15, -0.1) is 23.1 Å². The third kappa shape index (κ3) is 3.44. The third-order valence-electron chi connectivity index (χ3n) is 5.42. The van der Waals surface area contributed by atoms with Crippen molar-refractivity contribution < 1.29 is 4.79 Å². The molecule has 2 aliphatic rings. The van der Waals surface area contributed by atoms with Crippen molar-refractivity contribution in [2.45, 2.75) is 36.3 Å². The summed E-state index contributed by atoms with van der Waals surface area (Å²) in [4.78, 5) is 16.1. The SMILES string of the molecule is CSc1sc(C)cc1C1C(C#N)=C(N)N(c2ccc(Cl)c(Cl)c2)C2=C1C(=O)CCC2. The molecule has 1 aliphatic heterocycles. The lowest BCUT2D eigenvalue weighted by Gasteiger charge is -2.39. The van der Waals surface area contributed by atoms with Gasteiger partial charge in [0.25, 0.3) is 0 Å².